The van der Waals surface area contributed by atoms with Gasteiger partial charge in [0.25, 0.3) is 0 Å². The number of hydrogen-bond donors (Lipinski definition) is 0. The Morgan fingerprint density at radius 3 is 0.917 bits per heavy atom. The lowest BCUT2D eigenvalue weighted by atomic mass is 10.5. The maximum Gasteiger partial charge on any atom is 0.146 e. The quantitative estimate of drug-likeness (QED) is 0.546. The lowest BCUT2D eigenvalue weighted by Crippen LogP contribution is -2.11. The first kappa shape index (κ1) is 9.92. The van der Waals surface area contributed by atoms with Crippen LogP contribution in [0.2, 0.25) is 0 Å². The summed E-state index contributed by atoms with van der Waals surface area (Å²) < 4.78 is 19.4. The minimum atomic E-state index is 0.500. The molecule has 0 unspecified atom stereocenters. The molecule has 0 saturated carbocycles. The van der Waals surface area contributed by atoms with Gasteiger partial charge in [-0.05, 0) is 12.8 Å². The van der Waals surface area contributed by atoms with Crippen molar-refractivity contribution in [3.63, 3.8) is 0 Å². The highest BCUT2D eigenvalue weighted by atomic mass is 16.7. The lowest BCUT2D eigenvalue weighted by Gasteiger charge is -2.09. The lowest BCUT2D eigenvalue weighted by molar-refractivity contribution is -0.0965. The molecular weight excluding hydrogens is 160 g/mol. The fraction of sp³-hybridized carbons (Fsp3) is 1.00. The normalized spacial score (nSPS) is 24.0. The first-order valence-electron chi connectivity index (χ1n) is 4.31. The molecule has 0 aromatic carbocycles. The average molecular weight is 176 g/mol. The zero-order valence-corrected chi connectivity index (χ0v) is 7.29. The van der Waals surface area contributed by atoms with Crippen molar-refractivity contribution in [2.45, 2.75) is 12.8 Å². The molecule has 0 aromatic heterocycles. The molecule has 0 atom stereocenters. The van der Waals surface area contributed by atoms with E-state index in [1.165, 1.54) is 0 Å². The van der Waals surface area contributed by atoms with Crippen LogP contribution in [-0.4, -0.2) is 40.0 Å². The molecule has 2 aliphatic rings. The third-order valence-corrected chi connectivity index (χ3v) is 1.49. The second-order valence-corrected chi connectivity index (χ2v) is 2.58. The molecule has 4 nitrogen and oxygen atoms in total. The van der Waals surface area contributed by atoms with Gasteiger partial charge < -0.3 is 18.9 Å². The maximum absolute atomic E-state index is 4.85. The minimum absolute atomic E-state index is 0.500. The van der Waals surface area contributed by atoms with Crippen LogP contribution in [0.4, 0.5) is 0 Å². The van der Waals surface area contributed by atoms with Crippen molar-refractivity contribution < 1.29 is 18.9 Å². The molecule has 4 heteroatoms. The second-order valence-electron chi connectivity index (χ2n) is 2.58. The van der Waals surface area contributed by atoms with Gasteiger partial charge in [0.1, 0.15) is 13.6 Å². The van der Waals surface area contributed by atoms with Crippen LogP contribution in [0, 0.1) is 0 Å². The van der Waals surface area contributed by atoms with Crippen LogP contribution >= 0.6 is 0 Å². The molecule has 0 aliphatic carbocycles. The second kappa shape index (κ2) is 7.49. The molecule has 2 rings (SSSR count). The molecule has 2 heterocycles. The Balaban J connectivity index is 0.000000120. The molecule has 72 valence electrons. The van der Waals surface area contributed by atoms with E-state index in [-0.39, 0.29) is 0 Å². The van der Waals surface area contributed by atoms with Crippen LogP contribution in [-0.2, 0) is 18.9 Å². The number of ether oxygens (including phenoxy) is 4. The van der Waals surface area contributed by atoms with Gasteiger partial charge >= 0.3 is 0 Å². The first-order valence-corrected chi connectivity index (χ1v) is 4.31. The van der Waals surface area contributed by atoms with Crippen molar-refractivity contribution in [2.24, 2.45) is 0 Å². The van der Waals surface area contributed by atoms with E-state index in [4.69, 9.17) is 18.9 Å². The van der Waals surface area contributed by atoms with Crippen LogP contribution in [0.15, 0.2) is 0 Å². The summed E-state index contributed by atoms with van der Waals surface area (Å²) in [7, 11) is 0. The van der Waals surface area contributed by atoms with Crippen LogP contribution in [0.5, 0.6) is 0 Å². The predicted molar refractivity (Wildman–Crippen MR) is 42.8 cm³/mol. The highest BCUT2D eigenvalue weighted by Gasteiger charge is 1.94. The van der Waals surface area contributed by atoms with E-state index in [2.05, 4.69) is 0 Å². The Labute approximate surface area is 72.7 Å². The van der Waals surface area contributed by atoms with Gasteiger partial charge in [0.15, 0.2) is 0 Å². The molecule has 0 spiro atoms. The molecule has 2 saturated heterocycles. The van der Waals surface area contributed by atoms with Gasteiger partial charge in [-0.15, -0.1) is 0 Å². The van der Waals surface area contributed by atoms with Gasteiger partial charge in [0, 0.05) is 0 Å². The zero-order valence-electron chi connectivity index (χ0n) is 7.29. The summed E-state index contributed by atoms with van der Waals surface area (Å²) in [5.74, 6) is 0. The smallest absolute Gasteiger partial charge is 0.146 e. The molecular formula is C8H16O4. The van der Waals surface area contributed by atoms with Gasteiger partial charge in [-0.1, -0.05) is 0 Å². The summed E-state index contributed by atoms with van der Waals surface area (Å²) >= 11 is 0. The molecule has 0 bridgehead atoms. The molecule has 0 radical (unpaired) electrons. The van der Waals surface area contributed by atoms with E-state index in [1.807, 2.05) is 0 Å². The van der Waals surface area contributed by atoms with Crippen molar-refractivity contribution in [1.82, 2.24) is 0 Å². The van der Waals surface area contributed by atoms with Gasteiger partial charge in [-0.25, -0.2) is 0 Å². The average Bonchev–Trinajstić information content (AvgIpc) is 2.24. The minimum Gasteiger partial charge on any atom is -0.355 e. The summed E-state index contributed by atoms with van der Waals surface area (Å²) in [5, 5.41) is 0. The van der Waals surface area contributed by atoms with E-state index in [0.717, 1.165) is 39.3 Å². The standard InChI is InChI=1S/2C4H8O2/c2*1-2-5-4-6-3-1/h2*1-4H2. The Kier molecular flexibility index (Phi) is 6.19. The SMILES string of the molecule is C1COCOC1.C1COCOC1. The topological polar surface area (TPSA) is 36.9 Å². The van der Waals surface area contributed by atoms with E-state index in [0.29, 0.717) is 13.6 Å². The largest absolute Gasteiger partial charge is 0.355 e. The Hall–Kier alpha value is -0.160. The molecule has 0 aromatic rings. The molecule has 12 heavy (non-hydrogen) atoms. The van der Waals surface area contributed by atoms with Crippen molar-refractivity contribution in [2.75, 3.05) is 40.0 Å². The molecule has 2 aliphatic heterocycles. The van der Waals surface area contributed by atoms with Gasteiger partial charge in [0.05, 0.1) is 26.4 Å². The van der Waals surface area contributed by atoms with Crippen LogP contribution in [0.3, 0.4) is 0 Å². The molecule has 0 N–H and O–H groups in total. The van der Waals surface area contributed by atoms with E-state index >= 15 is 0 Å². The van der Waals surface area contributed by atoms with Gasteiger partial charge in [-0.2, -0.15) is 0 Å². The van der Waals surface area contributed by atoms with Crippen LogP contribution in [0.25, 0.3) is 0 Å². The summed E-state index contributed by atoms with van der Waals surface area (Å²) in [4.78, 5) is 0. The fourth-order valence-electron chi connectivity index (χ4n) is 0.880. The highest BCUT2D eigenvalue weighted by molar-refractivity contribution is 4.35. The van der Waals surface area contributed by atoms with Crippen molar-refractivity contribution >= 4 is 0 Å². The Morgan fingerprint density at radius 1 is 0.500 bits per heavy atom. The third-order valence-electron chi connectivity index (χ3n) is 1.49. The number of rotatable bonds is 0. The summed E-state index contributed by atoms with van der Waals surface area (Å²) in [5.41, 5.74) is 0. The van der Waals surface area contributed by atoms with Gasteiger partial charge in [0.2, 0.25) is 0 Å². The Bertz CT molecular complexity index is 54.0. The van der Waals surface area contributed by atoms with E-state index in [9.17, 15) is 0 Å². The van der Waals surface area contributed by atoms with E-state index in [1.54, 1.807) is 0 Å². The predicted octanol–water partition coefficient (Wildman–Crippen LogP) is 0.762. The summed E-state index contributed by atoms with van der Waals surface area (Å²) in [6.45, 7) is 4.50. The Morgan fingerprint density at radius 2 is 0.833 bits per heavy atom. The van der Waals surface area contributed by atoms with Crippen molar-refractivity contribution in [3.05, 3.63) is 0 Å². The fourth-order valence-corrected chi connectivity index (χ4v) is 0.880. The van der Waals surface area contributed by atoms with E-state index < -0.39 is 0 Å². The monoisotopic (exact) mass is 176 g/mol. The molecule has 0 amide bonds. The first-order chi connectivity index (χ1) is 6.00. The third kappa shape index (κ3) is 5.49. The maximum atomic E-state index is 4.85. The van der Waals surface area contributed by atoms with Gasteiger partial charge in [-0.3, -0.25) is 0 Å². The zero-order chi connectivity index (χ0) is 8.49. The molecule has 2 fully saturated rings. The highest BCUT2D eigenvalue weighted by Crippen LogP contribution is 1.91. The summed E-state index contributed by atoms with van der Waals surface area (Å²) in [6.07, 6.45) is 2.11. The number of hydrogen-bond acceptors (Lipinski definition) is 4. The van der Waals surface area contributed by atoms with Crippen LogP contribution in [0.1, 0.15) is 12.8 Å². The summed E-state index contributed by atoms with van der Waals surface area (Å²) in [6, 6.07) is 0. The van der Waals surface area contributed by atoms with Crippen molar-refractivity contribution in [3.8, 4) is 0 Å². The van der Waals surface area contributed by atoms with Crippen LogP contribution < -0.4 is 0 Å². The van der Waals surface area contributed by atoms with Crippen molar-refractivity contribution in [1.29, 1.82) is 0 Å².